The molecular weight excluding hydrogens is 230 g/mol. The highest BCUT2D eigenvalue weighted by Crippen LogP contribution is 2.13. The summed E-state index contributed by atoms with van der Waals surface area (Å²) in [5, 5.41) is 0.714. The van der Waals surface area contributed by atoms with Crippen molar-refractivity contribution in [2.45, 2.75) is 6.92 Å². The van der Waals surface area contributed by atoms with Crippen molar-refractivity contribution < 1.29 is 0 Å². The minimum absolute atomic E-state index is 0.706. The summed E-state index contributed by atoms with van der Waals surface area (Å²) >= 11 is 5.81. The summed E-state index contributed by atoms with van der Waals surface area (Å²) in [6, 6.07) is 13.3. The molecule has 0 heterocycles. The molecule has 17 heavy (non-hydrogen) atoms. The summed E-state index contributed by atoms with van der Waals surface area (Å²) < 4.78 is 0. The third-order valence-electron chi connectivity index (χ3n) is 2.39. The summed E-state index contributed by atoms with van der Waals surface area (Å²) in [5.74, 6) is 6.14. The van der Waals surface area contributed by atoms with Gasteiger partial charge in [0.25, 0.3) is 0 Å². The Kier molecular flexibility index (Phi) is 3.37. The zero-order valence-electron chi connectivity index (χ0n) is 9.50. The Morgan fingerprint density at radius 2 is 1.71 bits per heavy atom. The van der Waals surface area contributed by atoms with Gasteiger partial charge in [-0.1, -0.05) is 29.5 Å². The minimum Gasteiger partial charge on any atom is -0.398 e. The van der Waals surface area contributed by atoms with E-state index in [1.165, 1.54) is 0 Å². The third kappa shape index (κ3) is 3.03. The number of hydrogen-bond acceptors (Lipinski definition) is 1. The minimum atomic E-state index is 0.706. The lowest BCUT2D eigenvalue weighted by molar-refractivity contribution is 1.45. The van der Waals surface area contributed by atoms with Crippen LogP contribution < -0.4 is 5.73 Å². The van der Waals surface area contributed by atoms with E-state index < -0.39 is 0 Å². The van der Waals surface area contributed by atoms with Crippen LogP contribution in [0.4, 0.5) is 5.69 Å². The number of anilines is 1. The van der Waals surface area contributed by atoms with E-state index in [0.717, 1.165) is 16.7 Å². The highest BCUT2D eigenvalue weighted by atomic mass is 35.5. The SMILES string of the molecule is Cc1ccc(N)c(C#Cc2ccc(Cl)cc2)c1. The van der Waals surface area contributed by atoms with Gasteiger partial charge in [-0.15, -0.1) is 0 Å². The zero-order chi connectivity index (χ0) is 12.3. The van der Waals surface area contributed by atoms with Crippen molar-refractivity contribution in [3.8, 4) is 11.8 Å². The largest absolute Gasteiger partial charge is 0.398 e. The molecule has 2 N–H and O–H groups in total. The summed E-state index contributed by atoms with van der Waals surface area (Å²) in [6.07, 6.45) is 0. The molecule has 0 amide bonds. The van der Waals surface area contributed by atoms with Crippen molar-refractivity contribution in [2.24, 2.45) is 0 Å². The fourth-order valence-corrected chi connectivity index (χ4v) is 1.58. The maximum absolute atomic E-state index is 5.85. The average molecular weight is 242 g/mol. The molecule has 0 saturated carbocycles. The summed E-state index contributed by atoms with van der Waals surface area (Å²) in [7, 11) is 0. The van der Waals surface area contributed by atoms with Gasteiger partial charge in [0.05, 0.1) is 0 Å². The number of nitrogen functional groups attached to an aromatic ring is 1. The lowest BCUT2D eigenvalue weighted by Crippen LogP contribution is -1.90. The van der Waals surface area contributed by atoms with Crippen molar-refractivity contribution in [3.63, 3.8) is 0 Å². The second-order valence-corrected chi connectivity index (χ2v) is 4.28. The molecule has 0 saturated heterocycles. The fraction of sp³-hybridized carbons (Fsp3) is 0.0667. The van der Waals surface area contributed by atoms with Gasteiger partial charge in [0.15, 0.2) is 0 Å². The highest BCUT2D eigenvalue weighted by Gasteiger charge is 1.95. The average Bonchev–Trinajstić information content (AvgIpc) is 2.32. The van der Waals surface area contributed by atoms with E-state index in [0.29, 0.717) is 10.7 Å². The van der Waals surface area contributed by atoms with Crippen LogP contribution in [0.15, 0.2) is 42.5 Å². The van der Waals surface area contributed by atoms with Crippen LogP contribution in [0.25, 0.3) is 0 Å². The Labute approximate surface area is 106 Å². The standard InChI is InChI=1S/C15H12ClN/c1-11-2-9-15(17)13(10-11)6-3-12-4-7-14(16)8-5-12/h2,4-5,7-10H,17H2,1H3. The first-order valence-corrected chi connectivity index (χ1v) is 5.67. The normalized spacial score (nSPS) is 9.53. The molecule has 0 aromatic heterocycles. The van der Waals surface area contributed by atoms with Crippen LogP contribution >= 0.6 is 11.6 Å². The Morgan fingerprint density at radius 3 is 2.41 bits per heavy atom. The molecule has 2 aromatic rings. The first-order valence-electron chi connectivity index (χ1n) is 5.29. The first kappa shape index (κ1) is 11.6. The predicted octanol–water partition coefficient (Wildman–Crippen LogP) is 3.63. The Morgan fingerprint density at radius 1 is 1.00 bits per heavy atom. The Balaban J connectivity index is 2.32. The number of benzene rings is 2. The van der Waals surface area contributed by atoms with Crippen LogP contribution in [-0.2, 0) is 0 Å². The summed E-state index contributed by atoms with van der Waals surface area (Å²) in [4.78, 5) is 0. The van der Waals surface area contributed by atoms with E-state index in [1.54, 1.807) is 0 Å². The van der Waals surface area contributed by atoms with Crippen LogP contribution in [0.5, 0.6) is 0 Å². The van der Waals surface area contributed by atoms with Gasteiger partial charge in [0, 0.05) is 21.8 Å². The quantitative estimate of drug-likeness (QED) is 0.553. The molecule has 0 aliphatic rings. The van der Waals surface area contributed by atoms with Crippen LogP contribution in [0.2, 0.25) is 5.02 Å². The third-order valence-corrected chi connectivity index (χ3v) is 2.65. The summed E-state index contributed by atoms with van der Waals surface area (Å²) in [6.45, 7) is 2.02. The molecular formula is C15H12ClN. The lowest BCUT2D eigenvalue weighted by atomic mass is 10.1. The molecule has 1 nitrogen and oxygen atoms in total. The van der Waals surface area contributed by atoms with Crippen molar-refractivity contribution >= 4 is 17.3 Å². The molecule has 2 heteroatoms. The Hall–Kier alpha value is -1.91. The van der Waals surface area contributed by atoms with Crippen LogP contribution in [0.3, 0.4) is 0 Å². The molecule has 84 valence electrons. The van der Waals surface area contributed by atoms with Gasteiger partial charge < -0.3 is 5.73 Å². The molecule has 0 spiro atoms. The van der Waals surface area contributed by atoms with Gasteiger partial charge in [0.1, 0.15) is 0 Å². The van der Waals surface area contributed by atoms with Gasteiger partial charge >= 0.3 is 0 Å². The van der Waals surface area contributed by atoms with Gasteiger partial charge in [-0.3, -0.25) is 0 Å². The number of nitrogens with two attached hydrogens (primary N) is 1. The Bertz CT molecular complexity index is 589. The topological polar surface area (TPSA) is 26.0 Å². The molecule has 2 rings (SSSR count). The number of aryl methyl sites for hydroxylation is 1. The van der Waals surface area contributed by atoms with Gasteiger partial charge in [-0.05, 0) is 48.9 Å². The number of hydrogen-bond donors (Lipinski definition) is 1. The van der Waals surface area contributed by atoms with E-state index in [-0.39, 0.29) is 0 Å². The monoisotopic (exact) mass is 241 g/mol. The maximum Gasteiger partial charge on any atom is 0.0481 e. The molecule has 0 aliphatic carbocycles. The van der Waals surface area contributed by atoms with Crippen LogP contribution in [0.1, 0.15) is 16.7 Å². The predicted molar refractivity (Wildman–Crippen MR) is 73.0 cm³/mol. The van der Waals surface area contributed by atoms with E-state index in [1.807, 2.05) is 49.4 Å². The molecule has 0 fully saturated rings. The zero-order valence-corrected chi connectivity index (χ0v) is 10.3. The van der Waals surface area contributed by atoms with Crippen molar-refractivity contribution in [1.82, 2.24) is 0 Å². The maximum atomic E-state index is 5.85. The molecule has 0 bridgehead atoms. The smallest absolute Gasteiger partial charge is 0.0481 e. The van der Waals surface area contributed by atoms with E-state index in [2.05, 4.69) is 11.8 Å². The molecule has 0 radical (unpaired) electrons. The lowest BCUT2D eigenvalue weighted by Gasteiger charge is -1.99. The number of halogens is 1. The second-order valence-electron chi connectivity index (χ2n) is 3.85. The molecule has 0 atom stereocenters. The van der Waals surface area contributed by atoms with Crippen molar-refractivity contribution in [3.05, 3.63) is 64.2 Å². The van der Waals surface area contributed by atoms with Crippen molar-refractivity contribution in [2.75, 3.05) is 5.73 Å². The van der Waals surface area contributed by atoms with E-state index in [4.69, 9.17) is 17.3 Å². The molecule has 0 aliphatic heterocycles. The molecule has 0 unspecified atom stereocenters. The fourth-order valence-electron chi connectivity index (χ4n) is 1.45. The van der Waals surface area contributed by atoms with Crippen LogP contribution in [-0.4, -0.2) is 0 Å². The van der Waals surface area contributed by atoms with Gasteiger partial charge in [-0.2, -0.15) is 0 Å². The highest BCUT2D eigenvalue weighted by molar-refractivity contribution is 6.30. The first-order chi connectivity index (χ1) is 8.15. The van der Waals surface area contributed by atoms with Gasteiger partial charge in [0.2, 0.25) is 0 Å². The van der Waals surface area contributed by atoms with Gasteiger partial charge in [-0.25, -0.2) is 0 Å². The molecule has 2 aromatic carbocycles. The van der Waals surface area contributed by atoms with Crippen molar-refractivity contribution in [1.29, 1.82) is 0 Å². The summed E-state index contributed by atoms with van der Waals surface area (Å²) in [5.41, 5.74) is 9.50. The van der Waals surface area contributed by atoms with E-state index in [9.17, 15) is 0 Å². The van der Waals surface area contributed by atoms with E-state index >= 15 is 0 Å². The van der Waals surface area contributed by atoms with Crippen LogP contribution in [0, 0.1) is 18.8 Å². The number of rotatable bonds is 0. The second kappa shape index (κ2) is 4.95.